The van der Waals surface area contributed by atoms with Gasteiger partial charge in [0.15, 0.2) is 0 Å². The van der Waals surface area contributed by atoms with E-state index in [1.807, 2.05) is 0 Å². The summed E-state index contributed by atoms with van der Waals surface area (Å²) < 4.78 is 0. The van der Waals surface area contributed by atoms with Crippen LogP contribution >= 0.6 is 0 Å². The molecular formula is C6H5O2WY-. The number of benzene rings is 1. The van der Waals surface area contributed by atoms with E-state index in [0.29, 0.717) is 0 Å². The second-order valence-electron chi connectivity index (χ2n) is 1.41. The van der Waals surface area contributed by atoms with Gasteiger partial charge in [-0.15, -0.1) is 12.1 Å². The first-order valence-corrected chi connectivity index (χ1v) is 2.19. The minimum atomic E-state index is -0.132. The predicted octanol–water partition coefficient (Wildman–Crippen LogP) is 0.893. The molecule has 1 rings (SSSR count). The molecule has 51 valence electrons. The maximum Gasteiger partial charge on any atom is 0.0485 e. The molecule has 0 aromatic heterocycles. The Morgan fingerprint density at radius 1 is 1.20 bits per heavy atom. The minimum absolute atomic E-state index is 0. The van der Waals surface area contributed by atoms with Crippen molar-refractivity contribution in [2.24, 2.45) is 0 Å². The zero-order chi connectivity index (χ0) is 5.98. The molecular weight excluding hydrogens is 377 g/mol. The molecule has 0 spiro atoms. The first-order valence-electron chi connectivity index (χ1n) is 2.19. The first-order chi connectivity index (χ1) is 3.80. The number of rotatable bonds is 0. The van der Waals surface area contributed by atoms with Gasteiger partial charge in [0.25, 0.3) is 0 Å². The van der Waals surface area contributed by atoms with Gasteiger partial charge in [-0.25, -0.2) is 0 Å². The molecule has 2 nitrogen and oxygen atoms in total. The molecule has 0 heterocycles. The Kier molecular flexibility index (Phi) is 8.37. The third-order valence-electron chi connectivity index (χ3n) is 0.820. The average Bonchev–Trinajstić information content (AvgIpc) is 1.77. The summed E-state index contributed by atoms with van der Waals surface area (Å²) >= 11 is 0. The van der Waals surface area contributed by atoms with Crippen LogP contribution in [-0.2, 0) is 53.8 Å². The Morgan fingerprint density at radius 3 is 2.10 bits per heavy atom. The number of phenolic OH excluding ortho intramolecular Hbond substituents is 2. The van der Waals surface area contributed by atoms with E-state index in [1.165, 1.54) is 18.2 Å². The second kappa shape index (κ2) is 6.33. The Morgan fingerprint density at radius 2 is 1.80 bits per heavy atom. The fourth-order valence-corrected chi connectivity index (χ4v) is 0.413. The van der Waals surface area contributed by atoms with Crippen molar-refractivity contribution in [2.45, 2.75) is 0 Å². The summed E-state index contributed by atoms with van der Waals surface area (Å²) in [5, 5.41) is 17.3. The van der Waals surface area contributed by atoms with Crippen LogP contribution < -0.4 is 0 Å². The molecule has 1 aromatic carbocycles. The molecule has 0 aliphatic rings. The Bertz CT molecular complexity index is 172. The Hall–Kier alpha value is 0.612. The fourth-order valence-electron chi connectivity index (χ4n) is 0.413. The smallest absolute Gasteiger partial charge is 0.0485 e. The van der Waals surface area contributed by atoms with E-state index >= 15 is 0 Å². The zero-order valence-electron chi connectivity index (χ0n) is 5.11. The Labute approximate surface area is 98.8 Å². The van der Waals surface area contributed by atoms with Crippen molar-refractivity contribution in [3.05, 3.63) is 24.3 Å². The maximum absolute atomic E-state index is 8.65. The summed E-state index contributed by atoms with van der Waals surface area (Å²) in [6.07, 6.45) is 0. The van der Waals surface area contributed by atoms with Crippen molar-refractivity contribution in [1.29, 1.82) is 0 Å². The molecule has 10 heavy (non-hydrogen) atoms. The molecule has 0 saturated carbocycles. The van der Waals surface area contributed by atoms with Crippen molar-refractivity contribution < 1.29 is 64.0 Å². The number of hydrogen-bond acceptors (Lipinski definition) is 2. The van der Waals surface area contributed by atoms with Gasteiger partial charge >= 0.3 is 0 Å². The summed E-state index contributed by atoms with van der Waals surface area (Å²) in [6, 6.07) is 6.79. The van der Waals surface area contributed by atoms with Crippen molar-refractivity contribution in [2.75, 3.05) is 0 Å². The molecule has 1 aromatic rings. The number of hydrogen-bond donors (Lipinski definition) is 2. The summed E-state index contributed by atoms with van der Waals surface area (Å²) in [4.78, 5) is 0. The Balaban J connectivity index is 0. The first kappa shape index (κ1) is 13.2. The van der Waals surface area contributed by atoms with Crippen LogP contribution in [0.25, 0.3) is 0 Å². The number of phenols is 2. The summed E-state index contributed by atoms with van der Waals surface area (Å²) in [5.74, 6) is -0.240. The van der Waals surface area contributed by atoms with Gasteiger partial charge in [-0.2, -0.15) is 12.1 Å². The van der Waals surface area contributed by atoms with Crippen molar-refractivity contribution in [3.8, 4) is 11.5 Å². The molecule has 0 amide bonds. The molecule has 0 aliphatic carbocycles. The predicted molar refractivity (Wildman–Crippen MR) is 28.6 cm³/mol. The standard InChI is InChI=1S/C6H5O2.W.Y/c7-5-3-1-2-4-6(5)8;;/h1,3-4,7-8H;;/q-1;;. The van der Waals surface area contributed by atoms with Gasteiger partial charge in [0.05, 0.1) is 0 Å². The molecule has 0 atom stereocenters. The molecule has 0 fully saturated rings. The minimum Gasteiger partial charge on any atom is -0.562 e. The van der Waals surface area contributed by atoms with E-state index < -0.39 is 0 Å². The summed E-state index contributed by atoms with van der Waals surface area (Å²) in [5.41, 5.74) is 0. The summed E-state index contributed by atoms with van der Waals surface area (Å²) in [6.45, 7) is 0. The zero-order valence-corrected chi connectivity index (χ0v) is 10.9. The van der Waals surface area contributed by atoms with Crippen LogP contribution in [0.1, 0.15) is 0 Å². The van der Waals surface area contributed by atoms with Gasteiger partial charge in [0.2, 0.25) is 0 Å². The normalized spacial score (nSPS) is 7.20. The third-order valence-corrected chi connectivity index (χ3v) is 0.820. The molecule has 0 unspecified atom stereocenters. The van der Waals surface area contributed by atoms with E-state index in [1.54, 1.807) is 0 Å². The molecule has 0 saturated heterocycles. The van der Waals surface area contributed by atoms with E-state index in [9.17, 15) is 0 Å². The van der Waals surface area contributed by atoms with Crippen LogP contribution in [0.15, 0.2) is 18.2 Å². The van der Waals surface area contributed by atoms with Gasteiger partial charge in [-0.3, -0.25) is 0 Å². The largest absolute Gasteiger partial charge is 0.562 e. The van der Waals surface area contributed by atoms with E-state index in [0.717, 1.165) is 0 Å². The van der Waals surface area contributed by atoms with Crippen LogP contribution in [0.4, 0.5) is 0 Å². The van der Waals surface area contributed by atoms with Crippen LogP contribution in [0.5, 0.6) is 11.5 Å². The fraction of sp³-hybridized carbons (Fsp3) is 0. The maximum atomic E-state index is 8.65. The third kappa shape index (κ3) is 3.70. The van der Waals surface area contributed by atoms with Gasteiger partial charge in [-0.1, -0.05) is 0 Å². The number of aromatic hydroxyl groups is 2. The molecule has 0 bridgehead atoms. The quantitative estimate of drug-likeness (QED) is 0.518. The molecule has 1 radical (unpaired) electrons. The van der Waals surface area contributed by atoms with Crippen molar-refractivity contribution >= 4 is 0 Å². The van der Waals surface area contributed by atoms with E-state index in [-0.39, 0.29) is 65.3 Å². The van der Waals surface area contributed by atoms with Crippen LogP contribution in [-0.4, -0.2) is 10.2 Å². The van der Waals surface area contributed by atoms with Crippen molar-refractivity contribution in [1.82, 2.24) is 0 Å². The topological polar surface area (TPSA) is 40.5 Å². The van der Waals surface area contributed by atoms with Gasteiger partial charge < -0.3 is 10.2 Å². The average molecular weight is 382 g/mol. The van der Waals surface area contributed by atoms with Crippen molar-refractivity contribution in [3.63, 3.8) is 0 Å². The van der Waals surface area contributed by atoms with Crippen LogP contribution in [0, 0.1) is 6.07 Å². The molecule has 4 heteroatoms. The SMILES string of the molecule is Oc1c[c-]ccc1O.[W].[Y]. The molecule has 2 N–H and O–H groups in total. The molecule has 0 aliphatic heterocycles. The van der Waals surface area contributed by atoms with Crippen LogP contribution in [0.3, 0.4) is 0 Å². The monoisotopic (exact) mass is 382 g/mol. The van der Waals surface area contributed by atoms with Gasteiger partial charge in [-0.05, 0) is 0 Å². The summed E-state index contributed by atoms with van der Waals surface area (Å²) in [7, 11) is 0. The second-order valence-corrected chi connectivity index (χ2v) is 1.41. The van der Waals surface area contributed by atoms with Crippen LogP contribution in [0.2, 0.25) is 0 Å². The van der Waals surface area contributed by atoms with Gasteiger partial charge in [0, 0.05) is 65.3 Å². The van der Waals surface area contributed by atoms with E-state index in [2.05, 4.69) is 6.07 Å². The van der Waals surface area contributed by atoms with E-state index in [4.69, 9.17) is 10.2 Å². The van der Waals surface area contributed by atoms with Gasteiger partial charge in [0.1, 0.15) is 0 Å².